The highest BCUT2D eigenvalue weighted by atomic mass is 16.6. The first kappa shape index (κ1) is 21.8. The molecule has 8 aliphatic rings. The fourth-order valence-electron chi connectivity index (χ4n) is 6.97. The van der Waals surface area contributed by atoms with Crippen LogP contribution in [-0.4, -0.2) is 59.9 Å². The molecule has 0 bridgehead atoms. The van der Waals surface area contributed by atoms with Crippen LogP contribution in [-0.2, 0) is 23.7 Å². The fourth-order valence-corrected chi connectivity index (χ4v) is 6.97. The molecule has 32 heavy (non-hydrogen) atoms. The minimum atomic E-state index is -0.602. The second-order valence-corrected chi connectivity index (χ2v) is 11.6. The summed E-state index contributed by atoms with van der Waals surface area (Å²) in [6.07, 6.45) is 22.0. The number of hydrogen-bond acceptors (Lipinski definition) is 5. The molecule has 10 atom stereocenters. The fraction of sp³-hybridized carbons (Fsp3) is 0.962. The zero-order chi connectivity index (χ0) is 21.7. The van der Waals surface area contributed by atoms with Crippen LogP contribution in [0.25, 0.3) is 0 Å². The third-order valence-electron chi connectivity index (χ3n) is 9.26. The molecule has 4 heterocycles. The molecule has 6 heteroatoms. The molecule has 4 saturated heterocycles. The Balaban J connectivity index is 0.000000113. The van der Waals surface area contributed by atoms with Crippen LogP contribution in [0.5, 0.6) is 0 Å². The summed E-state index contributed by atoms with van der Waals surface area (Å²) in [5.41, 5.74) is -0.510. The van der Waals surface area contributed by atoms with Crippen LogP contribution in [0.1, 0.15) is 96.3 Å². The third kappa shape index (κ3) is 5.03. The van der Waals surface area contributed by atoms with Crippen LogP contribution in [0.4, 0.5) is 0 Å². The van der Waals surface area contributed by atoms with Gasteiger partial charge in [-0.05, 0) is 76.5 Å². The summed E-state index contributed by atoms with van der Waals surface area (Å²) < 4.78 is 21.6. The monoisotopic (exact) mass is 448 g/mol. The smallest absolute Gasteiger partial charge is 0.309 e. The van der Waals surface area contributed by atoms with Crippen molar-refractivity contribution in [3.05, 3.63) is 0 Å². The number of fused-ring (bicyclic) bond motifs is 4. The lowest BCUT2D eigenvalue weighted by molar-refractivity contribution is -0.152. The molecule has 6 nitrogen and oxygen atoms in total. The number of aliphatic carboxylic acids is 1. The molecule has 0 aromatic rings. The lowest BCUT2D eigenvalue weighted by Crippen LogP contribution is -2.38. The van der Waals surface area contributed by atoms with Crippen molar-refractivity contribution >= 4 is 5.97 Å². The first-order chi connectivity index (χ1) is 15.6. The highest BCUT2D eigenvalue weighted by Gasteiger charge is 2.55. The molecule has 0 radical (unpaired) electrons. The molecule has 0 aromatic heterocycles. The van der Waals surface area contributed by atoms with Gasteiger partial charge in [0.15, 0.2) is 0 Å². The number of rotatable bonds is 3. The largest absolute Gasteiger partial charge is 0.481 e. The van der Waals surface area contributed by atoms with Gasteiger partial charge in [-0.2, -0.15) is 0 Å². The quantitative estimate of drug-likeness (QED) is 0.634. The van der Waals surface area contributed by atoms with Gasteiger partial charge in [0, 0.05) is 0 Å². The third-order valence-corrected chi connectivity index (χ3v) is 9.26. The molecule has 0 aromatic carbocycles. The number of hydrogen-bond donors (Lipinski definition) is 1. The zero-order valence-corrected chi connectivity index (χ0v) is 19.3. The Morgan fingerprint density at radius 2 is 1.16 bits per heavy atom. The van der Waals surface area contributed by atoms with Crippen LogP contribution < -0.4 is 0 Å². The highest BCUT2D eigenvalue weighted by molar-refractivity contribution is 5.75. The van der Waals surface area contributed by atoms with Gasteiger partial charge >= 0.3 is 5.97 Å². The van der Waals surface area contributed by atoms with Crippen molar-refractivity contribution in [1.29, 1.82) is 0 Å². The molecule has 8 rings (SSSR count). The molecule has 8 fully saturated rings. The van der Waals surface area contributed by atoms with Crippen molar-refractivity contribution in [2.24, 2.45) is 11.3 Å². The maximum Gasteiger partial charge on any atom is 0.309 e. The number of carboxylic acid groups (broad SMARTS) is 1. The maximum absolute atomic E-state index is 11.7. The second kappa shape index (κ2) is 8.83. The number of ether oxygens (including phenoxy) is 4. The molecular weight excluding hydrogens is 408 g/mol. The van der Waals surface area contributed by atoms with Crippen LogP contribution in [0, 0.1) is 11.3 Å². The molecule has 1 N–H and O–H groups in total. The number of carbonyl (C=O) groups is 1. The van der Waals surface area contributed by atoms with Crippen molar-refractivity contribution in [3.8, 4) is 0 Å². The van der Waals surface area contributed by atoms with Gasteiger partial charge in [-0.3, -0.25) is 4.79 Å². The van der Waals surface area contributed by atoms with Gasteiger partial charge in [-0.25, -0.2) is 0 Å². The SMILES string of the molecule is C1CCC2OC2C1.C1CCC2OC2C1.O=C(O)C1(CC2CCC3OC3C2)CCC2OC2C1. The molecule has 0 spiro atoms. The summed E-state index contributed by atoms with van der Waals surface area (Å²) in [4.78, 5) is 11.7. The van der Waals surface area contributed by atoms with E-state index in [1.54, 1.807) is 0 Å². The van der Waals surface area contributed by atoms with E-state index >= 15 is 0 Å². The minimum Gasteiger partial charge on any atom is -0.481 e. The molecule has 180 valence electrons. The number of carboxylic acids is 1. The number of epoxide rings is 4. The zero-order valence-electron chi connectivity index (χ0n) is 19.3. The van der Waals surface area contributed by atoms with Crippen LogP contribution >= 0.6 is 0 Å². The van der Waals surface area contributed by atoms with E-state index in [1.165, 1.54) is 51.4 Å². The van der Waals surface area contributed by atoms with E-state index < -0.39 is 11.4 Å². The van der Waals surface area contributed by atoms with E-state index in [0.29, 0.717) is 48.6 Å². The van der Waals surface area contributed by atoms with Gasteiger partial charge in [0.25, 0.3) is 0 Å². The van der Waals surface area contributed by atoms with E-state index in [2.05, 4.69) is 0 Å². The summed E-state index contributed by atoms with van der Waals surface area (Å²) in [6, 6.07) is 0. The highest BCUT2D eigenvalue weighted by Crippen LogP contribution is 2.52. The molecule has 10 unspecified atom stereocenters. The molecular formula is C26H40O6. The van der Waals surface area contributed by atoms with Gasteiger partial charge in [0.05, 0.1) is 54.2 Å². The lowest BCUT2D eigenvalue weighted by Gasteiger charge is -2.35. The van der Waals surface area contributed by atoms with Crippen molar-refractivity contribution in [3.63, 3.8) is 0 Å². The Morgan fingerprint density at radius 3 is 1.66 bits per heavy atom. The summed E-state index contributed by atoms with van der Waals surface area (Å²) in [7, 11) is 0. The van der Waals surface area contributed by atoms with Crippen molar-refractivity contribution in [1.82, 2.24) is 0 Å². The Hall–Kier alpha value is -0.690. The summed E-state index contributed by atoms with van der Waals surface area (Å²) in [6.45, 7) is 0. The molecule has 4 aliphatic heterocycles. The molecule has 0 amide bonds. The molecule has 4 aliphatic carbocycles. The Bertz CT molecular complexity index is 656. The predicted molar refractivity (Wildman–Crippen MR) is 117 cm³/mol. The molecule has 4 saturated carbocycles. The van der Waals surface area contributed by atoms with Crippen LogP contribution in [0.2, 0.25) is 0 Å². The van der Waals surface area contributed by atoms with Crippen LogP contribution in [0.3, 0.4) is 0 Å². The minimum absolute atomic E-state index is 0.239. The van der Waals surface area contributed by atoms with E-state index in [4.69, 9.17) is 18.9 Å². The first-order valence-electron chi connectivity index (χ1n) is 13.4. The second-order valence-electron chi connectivity index (χ2n) is 11.6. The summed E-state index contributed by atoms with van der Waals surface area (Å²) in [5.74, 6) is -0.0598. The van der Waals surface area contributed by atoms with E-state index in [1.807, 2.05) is 0 Å². The van der Waals surface area contributed by atoms with Crippen molar-refractivity contribution in [2.75, 3.05) is 0 Å². The van der Waals surface area contributed by atoms with Gasteiger partial charge in [0.1, 0.15) is 0 Å². The topological polar surface area (TPSA) is 87.4 Å². The predicted octanol–water partition coefficient (Wildman–Crippen LogP) is 4.62. The standard InChI is InChI=1S/C14H20O4.2C6H10O/c15-13(16)14(4-3-10-12(7-14)18-10)6-8-1-2-9-11(5-8)17-9;2*1-2-4-6-5(3-1)7-6/h8-12H,1-7H2,(H,15,16);2*5-6H,1-4H2. The van der Waals surface area contributed by atoms with Gasteiger partial charge in [0.2, 0.25) is 0 Å². The lowest BCUT2D eigenvalue weighted by atomic mass is 9.67. The average molecular weight is 449 g/mol. The maximum atomic E-state index is 11.7. The Kier molecular flexibility index (Phi) is 6.02. The van der Waals surface area contributed by atoms with E-state index in [-0.39, 0.29) is 6.10 Å². The van der Waals surface area contributed by atoms with Gasteiger partial charge < -0.3 is 24.1 Å². The van der Waals surface area contributed by atoms with Crippen molar-refractivity contribution in [2.45, 2.75) is 145 Å². The first-order valence-corrected chi connectivity index (χ1v) is 13.4. The van der Waals surface area contributed by atoms with Gasteiger partial charge in [-0.15, -0.1) is 0 Å². The van der Waals surface area contributed by atoms with Crippen LogP contribution in [0.15, 0.2) is 0 Å². The summed E-state index contributed by atoms with van der Waals surface area (Å²) in [5, 5.41) is 9.65. The van der Waals surface area contributed by atoms with E-state index in [0.717, 1.165) is 44.9 Å². The van der Waals surface area contributed by atoms with E-state index in [9.17, 15) is 9.90 Å². The van der Waals surface area contributed by atoms with Crippen molar-refractivity contribution < 1.29 is 28.8 Å². The normalized spacial score (nSPS) is 50.9. The average Bonchev–Trinajstić information content (AvgIpc) is 3.67. The Morgan fingerprint density at radius 1 is 0.656 bits per heavy atom. The Labute approximate surface area is 191 Å². The summed E-state index contributed by atoms with van der Waals surface area (Å²) >= 11 is 0. The van der Waals surface area contributed by atoms with Gasteiger partial charge in [-0.1, -0.05) is 25.7 Å².